The van der Waals surface area contributed by atoms with Gasteiger partial charge in [-0.25, -0.2) is 8.42 Å². The summed E-state index contributed by atoms with van der Waals surface area (Å²) in [6, 6.07) is 5.68. The van der Waals surface area contributed by atoms with E-state index >= 15 is 0 Å². The van der Waals surface area contributed by atoms with Crippen LogP contribution in [0.1, 0.15) is 25.7 Å². The van der Waals surface area contributed by atoms with E-state index in [1.165, 1.54) is 0 Å². The molecule has 7 heteroatoms. The Hall–Kier alpha value is 0.220. The molecule has 3 nitrogen and oxygen atoms in total. The van der Waals surface area contributed by atoms with Crippen LogP contribution in [0.5, 0.6) is 5.75 Å². The van der Waals surface area contributed by atoms with E-state index in [4.69, 9.17) is 15.4 Å². The molecule has 112 valence electrons. The van der Waals surface area contributed by atoms with Gasteiger partial charge >= 0.3 is 0 Å². The van der Waals surface area contributed by atoms with E-state index in [0.717, 1.165) is 34.6 Å². The molecule has 1 aliphatic carbocycles. The summed E-state index contributed by atoms with van der Waals surface area (Å²) < 4.78 is 30.4. The molecule has 0 spiro atoms. The molecule has 2 rings (SSSR count). The molecule has 0 radical (unpaired) electrons. The Morgan fingerprint density at radius 3 is 2.25 bits per heavy atom. The van der Waals surface area contributed by atoms with Gasteiger partial charge in [0.2, 0.25) is 9.05 Å². The SMILES string of the molecule is O=S(=O)(Cl)CC1(COc2c(Br)cccc2Br)CCCC1. The van der Waals surface area contributed by atoms with Crippen LogP contribution in [0.3, 0.4) is 0 Å². The van der Waals surface area contributed by atoms with Gasteiger partial charge in [-0.3, -0.25) is 0 Å². The van der Waals surface area contributed by atoms with Gasteiger partial charge in [-0.1, -0.05) is 18.9 Å². The molecule has 20 heavy (non-hydrogen) atoms. The molecule has 0 saturated heterocycles. The first-order chi connectivity index (χ1) is 9.31. The molecule has 1 fully saturated rings. The highest BCUT2D eigenvalue weighted by Gasteiger charge is 2.38. The Labute approximate surface area is 140 Å². The van der Waals surface area contributed by atoms with Crippen LogP contribution in [0.25, 0.3) is 0 Å². The predicted molar refractivity (Wildman–Crippen MR) is 87.9 cm³/mol. The second-order valence-electron chi connectivity index (χ2n) is 5.23. The third-order valence-corrected chi connectivity index (χ3v) is 6.12. The van der Waals surface area contributed by atoms with Crippen LogP contribution >= 0.6 is 42.5 Å². The maximum Gasteiger partial charge on any atom is 0.233 e. The van der Waals surface area contributed by atoms with E-state index in [9.17, 15) is 8.42 Å². The van der Waals surface area contributed by atoms with Crippen molar-refractivity contribution < 1.29 is 13.2 Å². The van der Waals surface area contributed by atoms with E-state index in [1.54, 1.807) is 0 Å². The van der Waals surface area contributed by atoms with Crippen molar-refractivity contribution in [1.82, 2.24) is 0 Å². The van der Waals surface area contributed by atoms with Crippen molar-refractivity contribution in [2.45, 2.75) is 25.7 Å². The fraction of sp³-hybridized carbons (Fsp3) is 0.538. The molecule has 0 N–H and O–H groups in total. The number of ether oxygens (including phenoxy) is 1. The number of rotatable bonds is 5. The monoisotopic (exact) mass is 444 g/mol. The zero-order chi connectivity index (χ0) is 14.8. The van der Waals surface area contributed by atoms with Crippen molar-refractivity contribution in [1.29, 1.82) is 0 Å². The number of para-hydroxylation sites is 1. The standard InChI is InChI=1S/C13H15Br2ClO3S/c14-10-4-3-5-11(15)12(10)19-8-13(6-1-2-7-13)9-20(16,17)18/h3-5H,1-2,6-9H2. The number of hydrogen-bond acceptors (Lipinski definition) is 3. The molecular weight excluding hydrogens is 431 g/mol. The van der Waals surface area contributed by atoms with Gasteiger partial charge in [-0.05, 0) is 56.8 Å². The topological polar surface area (TPSA) is 43.4 Å². The predicted octanol–water partition coefficient (Wildman–Crippen LogP) is 4.72. The average molecular weight is 447 g/mol. The molecule has 0 heterocycles. The quantitative estimate of drug-likeness (QED) is 0.615. The number of hydrogen-bond donors (Lipinski definition) is 0. The Morgan fingerprint density at radius 1 is 1.20 bits per heavy atom. The molecule has 0 amide bonds. The lowest BCUT2D eigenvalue weighted by Gasteiger charge is -2.27. The maximum absolute atomic E-state index is 11.4. The highest BCUT2D eigenvalue weighted by Crippen LogP contribution is 2.42. The molecule has 0 aliphatic heterocycles. The lowest BCUT2D eigenvalue weighted by atomic mass is 9.90. The number of benzene rings is 1. The summed E-state index contributed by atoms with van der Waals surface area (Å²) in [7, 11) is 1.92. The van der Waals surface area contributed by atoms with Crippen LogP contribution in [-0.2, 0) is 9.05 Å². The van der Waals surface area contributed by atoms with Gasteiger partial charge in [0, 0.05) is 16.1 Å². The smallest absolute Gasteiger partial charge is 0.233 e. The van der Waals surface area contributed by atoms with Crippen LogP contribution in [-0.4, -0.2) is 20.8 Å². The molecule has 0 aromatic heterocycles. The van der Waals surface area contributed by atoms with Gasteiger partial charge in [-0.2, -0.15) is 0 Å². The van der Waals surface area contributed by atoms with Crippen LogP contribution in [0.2, 0.25) is 0 Å². The molecule has 0 atom stereocenters. The molecule has 0 bridgehead atoms. The first-order valence-electron chi connectivity index (χ1n) is 6.31. The molecule has 1 aliphatic rings. The number of halogens is 3. The highest BCUT2D eigenvalue weighted by atomic mass is 79.9. The zero-order valence-electron chi connectivity index (χ0n) is 10.7. The second-order valence-corrected chi connectivity index (χ2v) is 9.72. The minimum absolute atomic E-state index is 0.0242. The summed E-state index contributed by atoms with van der Waals surface area (Å²) in [5.41, 5.74) is -0.366. The lowest BCUT2D eigenvalue weighted by Crippen LogP contribution is -2.32. The van der Waals surface area contributed by atoms with Crippen molar-refractivity contribution in [3.8, 4) is 5.75 Å². The van der Waals surface area contributed by atoms with Gasteiger partial charge in [0.25, 0.3) is 0 Å². The summed E-state index contributed by atoms with van der Waals surface area (Å²) in [6.07, 6.45) is 3.71. The van der Waals surface area contributed by atoms with Gasteiger partial charge in [0.1, 0.15) is 5.75 Å². The third-order valence-electron chi connectivity index (χ3n) is 3.58. The van der Waals surface area contributed by atoms with Gasteiger partial charge in [0.05, 0.1) is 21.3 Å². The van der Waals surface area contributed by atoms with Crippen molar-refractivity contribution in [2.24, 2.45) is 5.41 Å². The molecular formula is C13H15Br2ClO3S. The normalized spacial score (nSPS) is 18.1. The average Bonchev–Trinajstić information content (AvgIpc) is 2.75. The van der Waals surface area contributed by atoms with Crippen LogP contribution in [0, 0.1) is 5.41 Å². The van der Waals surface area contributed by atoms with Crippen molar-refractivity contribution in [3.05, 3.63) is 27.1 Å². The molecule has 1 saturated carbocycles. The lowest BCUT2D eigenvalue weighted by molar-refractivity contribution is 0.169. The minimum atomic E-state index is -3.52. The summed E-state index contributed by atoms with van der Waals surface area (Å²) >= 11 is 6.87. The van der Waals surface area contributed by atoms with Crippen LogP contribution < -0.4 is 4.74 Å². The maximum atomic E-state index is 11.4. The Bertz CT molecular complexity index is 563. The summed E-state index contributed by atoms with van der Waals surface area (Å²) in [5, 5.41) is 0. The summed E-state index contributed by atoms with van der Waals surface area (Å²) in [6.45, 7) is 0.361. The van der Waals surface area contributed by atoms with Gasteiger partial charge < -0.3 is 4.74 Å². The molecule has 1 aromatic rings. The largest absolute Gasteiger partial charge is 0.491 e. The van der Waals surface area contributed by atoms with E-state index in [2.05, 4.69) is 31.9 Å². The van der Waals surface area contributed by atoms with E-state index in [1.807, 2.05) is 18.2 Å². The Morgan fingerprint density at radius 2 is 1.75 bits per heavy atom. The first-order valence-corrected chi connectivity index (χ1v) is 10.4. The van der Waals surface area contributed by atoms with Crippen molar-refractivity contribution in [3.63, 3.8) is 0 Å². The van der Waals surface area contributed by atoms with Crippen LogP contribution in [0.4, 0.5) is 0 Å². The Balaban J connectivity index is 2.14. The Kier molecular flexibility index (Phi) is 5.43. The summed E-state index contributed by atoms with van der Waals surface area (Å²) in [4.78, 5) is 0. The van der Waals surface area contributed by atoms with Crippen LogP contribution in [0.15, 0.2) is 27.1 Å². The molecule has 1 aromatic carbocycles. The fourth-order valence-electron chi connectivity index (χ4n) is 2.67. The first kappa shape index (κ1) is 16.6. The minimum Gasteiger partial charge on any atom is -0.491 e. The third kappa shape index (κ3) is 4.36. The zero-order valence-corrected chi connectivity index (χ0v) is 15.5. The molecule has 0 unspecified atom stereocenters. The highest BCUT2D eigenvalue weighted by molar-refractivity contribution is 9.11. The van der Waals surface area contributed by atoms with E-state index in [0.29, 0.717) is 12.4 Å². The fourth-order valence-corrected chi connectivity index (χ4v) is 5.69. The van der Waals surface area contributed by atoms with Crippen molar-refractivity contribution in [2.75, 3.05) is 12.4 Å². The van der Waals surface area contributed by atoms with Gasteiger partial charge in [0.15, 0.2) is 0 Å². The van der Waals surface area contributed by atoms with E-state index < -0.39 is 9.05 Å². The van der Waals surface area contributed by atoms with E-state index in [-0.39, 0.29) is 11.2 Å². The summed E-state index contributed by atoms with van der Waals surface area (Å²) in [5.74, 6) is 0.676. The van der Waals surface area contributed by atoms with Gasteiger partial charge in [-0.15, -0.1) is 0 Å². The second kappa shape index (κ2) is 6.55. The van der Waals surface area contributed by atoms with Crippen molar-refractivity contribution >= 4 is 51.6 Å².